The first-order valence-corrected chi connectivity index (χ1v) is 10.5. The van der Waals surface area contributed by atoms with Crippen molar-refractivity contribution in [3.8, 4) is 0 Å². The van der Waals surface area contributed by atoms with Gasteiger partial charge in [-0.25, -0.2) is 0 Å². The second kappa shape index (κ2) is 5.81. The summed E-state index contributed by atoms with van der Waals surface area (Å²) < 4.78 is 0. The van der Waals surface area contributed by atoms with Crippen LogP contribution < -0.4 is 10.5 Å². The van der Waals surface area contributed by atoms with E-state index in [1.165, 1.54) is 5.19 Å². The molecule has 1 unspecified atom stereocenters. The van der Waals surface area contributed by atoms with Crippen LogP contribution in [0.25, 0.3) is 0 Å². The van der Waals surface area contributed by atoms with Gasteiger partial charge in [0.05, 0.1) is 8.07 Å². The van der Waals surface area contributed by atoms with Crippen LogP contribution >= 0.6 is 0 Å². The third-order valence-corrected chi connectivity index (χ3v) is 5.67. The Morgan fingerprint density at radius 2 is 1.30 bits per heavy atom. The van der Waals surface area contributed by atoms with E-state index in [0.717, 1.165) is 16.8 Å². The Labute approximate surface area is 122 Å². The molecule has 20 heavy (non-hydrogen) atoms. The van der Waals surface area contributed by atoms with Crippen molar-refractivity contribution < 1.29 is 5.11 Å². The van der Waals surface area contributed by atoms with E-state index in [1.807, 2.05) is 43.4 Å². The minimum absolute atomic E-state index is 0.559. The van der Waals surface area contributed by atoms with Gasteiger partial charge in [-0.3, -0.25) is 0 Å². The number of hydrogen-bond donors (Lipinski definition) is 2. The Morgan fingerprint density at radius 1 is 0.850 bits per heavy atom. The molecule has 3 heteroatoms. The molecule has 2 rings (SSSR count). The molecule has 0 saturated heterocycles. The van der Waals surface area contributed by atoms with E-state index in [9.17, 15) is 5.11 Å². The molecule has 0 spiro atoms. The lowest BCUT2D eigenvalue weighted by molar-refractivity contribution is 0.220. The smallest absolute Gasteiger partial charge is 0.104 e. The molecule has 106 valence electrons. The summed E-state index contributed by atoms with van der Waals surface area (Å²) in [6.07, 6.45) is -0.559. The standard InChI is InChI=1S/C17H23NOSi/c1-18-15-9-5-13(6-10-15)17(19)14-7-11-16(12-8-14)20(2,3)4/h5-12,17-19H,1-4H3. The fourth-order valence-corrected chi connectivity index (χ4v) is 3.36. The SMILES string of the molecule is CNc1ccc(C(O)c2ccc([Si](C)(C)C)cc2)cc1. The molecule has 2 aromatic rings. The Bertz CT molecular complexity index is 555. The molecule has 0 aliphatic rings. The van der Waals surface area contributed by atoms with Gasteiger partial charge in [0.1, 0.15) is 6.10 Å². The van der Waals surface area contributed by atoms with E-state index < -0.39 is 14.2 Å². The number of nitrogens with one attached hydrogen (secondary N) is 1. The maximum Gasteiger partial charge on any atom is 0.104 e. The van der Waals surface area contributed by atoms with Crippen molar-refractivity contribution in [1.82, 2.24) is 0 Å². The molecule has 2 N–H and O–H groups in total. The van der Waals surface area contributed by atoms with Crippen molar-refractivity contribution >= 4 is 18.9 Å². The van der Waals surface area contributed by atoms with Crippen LogP contribution in [0.4, 0.5) is 5.69 Å². The zero-order valence-electron chi connectivity index (χ0n) is 12.6. The molecule has 0 bridgehead atoms. The lowest BCUT2D eigenvalue weighted by Gasteiger charge is -2.18. The normalized spacial score (nSPS) is 13.1. The number of anilines is 1. The summed E-state index contributed by atoms with van der Waals surface area (Å²) in [4.78, 5) is 0. The highest BCUT2D eigenvalue weighted by Crippen LogP contribution is 2.23. The third-order valence-electron chi connectivity index (χ3n) is 3.61. The zero-order valence-corrected chi connectivity index (χ0v) is 13.6. The van der Waals surface area contributed by atoms with Gasteiger partial charge in [0, 0.05) is 12.7 Å². The fraction of sp³-hybridized carbons (Fsp3) is 0.294. The molecule has 0 fully saturated rings. The number of hydrogen-bond acceptors (Lipinski definition) is 2. The van der Waals surface area contributed by atoms with Crippen LogP contribution in [0.2, 0.25) is 19.6 Å². The molecule has 0 aliphatic carbocycles. The third kappa shape index (κ3) is 3.29. The molecule has 0 amide bonds. The van der Waals surface area contributed by atoms with Crippen LogP contribution in [0.15, 0.2) is 48.5 Å². The van der Waals surface area contributed by atoms with Crippen molar-refractivity contribution in [2.24, 2.45) is 0 Å². The predicted molar refractivity (Wildman–Crippen MR) is 89.5 cm³/mol. The summed E-state index contributed by atoms with van der Waals surface area (Å²) >= 11 is 0. The van der Waals surface area contributed by atoms with Crippen LogP contribution in [0.1, 0.15) is 17.2 Å². The molecule has 0 heterocycles. The minimum atomic E-state index is -1.27. The number of aliphatic hydroxyl groups excluding tert-OH is 1. The summed E-state index contributed by atoms with van der Waals surface area (Å²) in [6.45, 7) is 6.98. The highest BCUT2D eigenvalue weighted by Gasteiger charge is 2.17. The second-order valence-electron chi connectivity index (χ2n) is 6.15. The molecule has 1 atom stereocenters. The average molecular weight is 285 g/mol. The summed E-state index contributed by atoms with van der Waals surface area (Å²) in [5.41, 5.74) is 2.92. The molecule has 0 radical (unpaired) electrons. The second-order valence-corrected chi connectivity index (χ2v) is 11.2. The quantitative estimate of drug-likeness (QED) is 0.844. The van der Waals surface area contributed by atoms with Gasteiger partial charge in [0.25, 0.3) is 0 Å². The van der Waals surface area contributed by atoms with Crippen LogP contribution in [0, 0.1) is 0 Å². The molecular formula is C17H23NOSi. The van der Waals surface area contributed by atoms with E-state index in [-0.39, 0.29) is 0 Å². The van der Waals surface area contributed by atoms with E-state index in [2.05, 4.69) is 37.1 Å². The first-order valence-electron chi connectivity index (χ1n) is 6.98. The fourth-order valence-electron chi connectivity index (χ4n) is 2.19. The minimum Gasteiger partial charge on any atom is -0.388 e. The van der Waals surface area contributed by atoms with Crippen molar-refractivity contribution in [3.05, 3.63) is 59.7 Å². The lowest BCUT2D eigenvalue weighted by atomic mass is 10.0. The highest BCUT2D eigenvalue weighted by molar-refractivity contribution is 6.88. The summed E-state index contributed by atoms with van der Waals surface area (Å²) in [6, 6.07) is 16.3. The molecule has 2 aromatic carbocycles. The van der Waals surface area contributed by atoms with Crippen LogP contribution in [-0.2, 0) is 0 Å². The monoisotopic (exact) mass is 285 g/mol. The van der Waals surface area contributed by atoms with E-state index in [0.29, 0.717) is 0 Å². The highest BCUT2D eigenvalue weighted by atomic mass is 28.3. The van der Waals surface area contributed by atoms with Gasteiger partial charge in [-0.05, 0) is 23.3 Å². The largest absolute Gasteiger partial charge is 0.388 e. The number of aliphatic hydroxyl groups is 1. The van der Waals surface area contributed by atoms with Crippen LogP contribution in [0.3, 0.4) is 0 Å². The van der Waals surface area contributed by atoms with Gasteiger partial charge >= 0.3 is 0 Å². The molecule has 0 aliphatic heterocycles. The van der Waals surface area contributed by atoms with Crippen molar-refractivity contribution in [1.29, 1.82) is 0 Å². The van der Waals surface area contributed by atoms with Gasteiger partial charge in [0.15, 0.2) is 0 Å². The number of rotatable bonds is 4. The first-order chi connectivity index (χ1) is 9.41. The van der Waals surface area contributed by atoms with Gasteiger partial charge in [0.2, 0.25) is 0 Å². The van der Waals surface area contributed by atoms with Crippen molar-refractivity contribution in [2.75, 3.05) is 12.4 Å². The Hall–Kier alpha value is -1.58. The summed E-state index contributed by atoms with van der Waals surface area (Å²) in [5, 5.41) is 14.9. The average Bonchev–Trinajstić information content (AvgIpc) is 2.46. The van der Waals surface area contributed by atoms with Crippen LogP contribution in [-0.4, -0.2) is 20.2 Å². The van der Waals surface area contributed by atoms with Crippen molar-refractivity contribution in [2.45, 2.75) is 25.7 Å². The van der Waals surface area contributed by atoms with E-state index >= 15 is 0 Å². The first kappa shape index (κ1) is 14.8. The molecule has 0 aromatic heterocycles. The maximum atomic E-state index is 10.4. The maximum absolute atomic E-state index is 10.4. The Balaban J connectivity index is 2.22. The van der Waals surface area contributed by atoms with Gasteiger partial charge in [-0.1, -0.05) is 61.2 Å². The number of benzene rings is 2. The van der Waals surface area contributed by atoms with Gasteiger partial charge < -0.3 is 10.4 Å². The molecule has 2 nitrogen and oxygen atoms in total. The topological polar surface area (TPSA) is 32.3 Å². The van der Waals surface area contributed by atoms with E-state index in [1.54, 1.807) is 0 Å². The summed E-state index contributed by atoms with van der Waals surface area (Å²) in [5.74, 6) is 0. The molecular weight excluding hydrogens is 262 g/mol. The Morgan fingerprint density at radius 3 is 1.70 bits per heavy atom. The predicted octanol–water partition coefficient (Wildman–Crippen LogP) is 3.36. The van der Waals surface area contributed by atoms with Crippen molar-refractivity contribution in [3.63, 3.8) is 0 Å². The van der Waals surface area contributed by atoms with Gasteiger partial charge in [-0.2, -0.15) is 0 Å². The van der Waals surface area contributed by atoms with E-state index in [4.69, 9.17) is 0 Å². The molecule has 0 saturated carbocycles. The Kier molecular flexibility index (Phi) is 4.31. The van der Waals surface area contributed by atoms with Crippen LogP contribution in [0.5, 0.6) is 0 Å². The lowest BCUT2D eigenvalue weighted by Crippen LogP contribution is -2.37. The van der Waals surface area contributed by atoms with Gasteiger partial charge in [-0.15, -0.1) is 0 Å². The zero-order chi connectivity index (χ0) is 14.8. The summed E-state index contributed by atoms with van der Waals surface area (Å²) in [7, 11) is 0.617.